The predicted octanol–water partition coefficient (Wildman–Crippen LogP) is 1.94. The number of nitrogens with zero attached hydrogens (tertiary/aromatic N) is 1. The molecule has 0 radical (unpaired) electrons. The molecule has 0 heterocycles. The first-order chi connectivity index (χ1) is 8.77. The van der Waals surface area contributed by atoms with E-state index in [-0.39, 0.29) is 10.8 Å². The molecule has 0 bridgehead atoms. The van der Waals surface area contributed by atoms with Gasteiger partial charge >= 0.3 is 0 Å². The van der Waals surface area contributed by atoms with Crippen molar-refractivity contribution in [1.29, 1.82) is 0 Å². The van der Waals surface area contributed by atoms with Crippen LogP contribution in [0.3, 0.4) is 0 Å². The quantitative estimate of drug-likeness (QED) is 0.889. The monoisotopic (exact) mass is 303 g/mol. The lowest BCUT2D eigenvalue weighted by molar-refractivity contribution is -0.119. The maximum absolute atomic E-state index is 12.2. The van der Waals surface area contributed by atoms with Gasteiger partial charge in [0.15, 0.2) is 0 Å². The molecule has 0 fully saturated rings. The Labute approximate surface area is 118 Å². The molecule has 106 valence electrons. The van der Waals surface area contributed by atoms with E-state index in [2.05, 4.69) is 4.36 Å². The molecule has 1 aromatic carbocycles. The molecule has 3 atom stereocenters. The van der Waals surface area contributed by atoms with E-state index in [0.29, 0.717) is 5.02 Å². The van der Waals surface area contributed by atoms with Crippen LogP contribution in [0.5, 0.6) is 0 Å². The second kappa shape index (κ2) is 6.47. The standard InChI is InChI=1S/C12H18ClN3O2S/c1-3-8(2)11(14)12(17)16-19(15,18)10-6-4-9(13)5-7-10/h4-8,11H,3,14H2,1-2H3,(H2,15,16,17,18)/t8-,11-,19?/m0/s1. The highest BCUT2D eigenvalue weighted by molar-refractivity contribution is 7.91. The van der Waals surface area contributed by atoms with Crippen molar-refractivity contribution in [2.45, 2.75) is 31.2 Å². The third-order valence-corrected chi connectivity index (χ3v) is 4.57. The van der Waals surface area contributed by atoms with Crippen LogP contribution in [0.25, 0.3) is 0 Å². The fourth-order valence-corrected chi connectivity index (χ4v) is 2.52. The van der Waals surface area contributed by atoms with E-state index >= 15 is 0 Å². The number of nitrogens with two attached hydrogens (primary N) is 2. The Hall–Kier alpha value is -0.950. The van der Waals surface area contributed by atoms with Crippen LogP contribution in [0, 0.1) is 5.92 Å². The van der Waals surface area contributed by atoms with E-state index in [1.54, 1.807) is 0 Å². The van der Waals surface area contributed by atoms with Crippen molar-refractivity contribution in [3.8, 4) is 0 Å². The molecule has 1 aromatic rings. The molecule has 4 N–H and O–H groups in total. The zero-order valence-electron chi connectivity index (χ0n) is 10.9. The summed E-state index contributed by atoms with van der Waals surface area (Å²) >= 11 is 5.73. The van der Waals surface area contributed by atoms with Gasteiger partial charge < -0.3 is 5.73 Å². The van der Waals surface area contributed by atoms with Gasteiger partial charge in [0.2, 0.25) is 0 Å². The van der Waals surface area contributed by atoms with E-state index in [1.165, 1.54) is 24.3 Å². The molecule has 19 heavy (non-hydrogen) atoms. The van der Waals surface area contributed by atoms with Gasteiger partial charge in [-0.15, -0.1) is 4.36 Å². The Bertz CT molecular complexity index is 565. The largest absolute Gasteiger partial charge is 0.320 e. The van der Waals surface area contributed by atoms with Crippen molar-refractivity contribution in [1.82, 2.24) is 0 Å². The van der Waals surface area contributed by atoms with Crippen molar-refractivity contribution in [2.75, 3.05) is 0 Å². The van der Waals surface area contributed by atoms with Crippen molar-refractivity contribution >= 4 is 27.4 Å². The van der Waals surface area contributed by atoms with Gasteiger partial charge in [-0.1, -0.05) is 31.9 Å². The van der Waals surface area contributed by atoms with Crippen LogP contribution in [-0.2, 0) is 14.7 Å². The molecule has 1 rings (SSSR count). The summed E-state index contributed by atoms with van der Waals surface area (Å²) in [6, 6.07) is 5.25. The van der Waals surface area contributed by atoms with Gasteiger partial charge in [-0.2, -0.15) is 0 Å². The molecule has 0 aliphatic heterocycles. The topological polar surface area (TPSA) is 98.5 Å². The predicted molar refractivity (Wildman–Crippen MR) is 76.9 cm³/mol. The van der Waals surface area contributed by atoms with E-state index in [1.807, 2.05) is 13.8 Å². The third kappa shape index (κ3) is 4.28. The second-order valence-electron chi connectivity index (χ2n) is 4.36. The van der Waals surface area contributed by atoms with Crippen molar-refractivity contribution < 1.29 is 9.00 Å². The average molecular weight is 304 g/mol. The summed E-state index contributed by atoms with van der Waals surface area (Å²) in [5, 5.41) is 6.10. The van der Waals surface area contributed by atoms with E-state index < -0.39 is 21.9 Å². The molecule has 1 unspecified atom stereocenters. The van der Waals surface area contributed by atoms with Crippen LogP contribution in [0.2, 0.25) is 5.02 Å². The molecule has 5 nitrogen and oxygen atoms in total. The number of halogens is 1. The lowest BCUT2D eigenvalue weighted by atomic mass is 10.00. The van der Waals surface area contributed by atoms with Gasteiger partial charge in [-0.3, -0.25) is 4.79 Å². The van der Waals surface area contributed by atoms with Gasteiger partial charge in [0.05, 0.1) is 10.9 Å². The minimum Gasteiger partial charge on any atom is -0.320 e. The normalized spacial score (nSPS) is 17.3. The Balaban J connectivity index is 3.06. The molecular formula is C12H18ClN3O2S. The van der Waals surface area contributed by atoms with Gasteiger partial charge in [0.1, 0.15) is 9.92 Å². The van der Waals surface area contributed by atoms with Crippen molar-refractivity contribution in [3.05, 3.63) is 29.3 Å². The first kappa shape index (κ1) is 16.1. The van der Waals surface area contributed by atoms with Crippen LogP contribution in [0.4, 0.5) is 0 Å². The molecular weight excluding hydrogens is 286 g/mol. The number of rotatable bonds is 4. The van der Waals surface area contributed by atoms with Gasteiger partial charge in [-0.05, 0) is 30.2 Å². The fourth-order valence-electron chi connectivity index (χ4n) is 1.37. The summed E-state index contributed by atoms with van der Waals surface area (Å²) in [4.78, 5) is 12.1. The Morgan fingerprint density at radius 2 is 1.95 bits per heavy atom. The van der Waals surface area contributed by atoms with Gasteiger partial charge in [0.25, 0.3) is 5.91 Å². The number of amides is 1. The zero-order chi connectivity index (χ0) is 14.6. The van der Waals surface area contributed by atoms with Crippen LogP contribution in [0.15, 0.2) is 33.5 Å². The fraction of sp³-hybridized carbons (Fsp3) is 0.417. The van der Waals surface area contributed by atoms with E-state index in [4.69, 9.17) is 22.5 Å². The molecule has 7 heteroatoms. The summed E-state index contributed by atoms with van der Waals surface area (Å²) in [5.74, 6) is -0.687. The Morgan fingerprint density at radius 1 is 1.42 bits per heavy atom. The smallest absolute Gasteiger partial charge is 0.272 e. The van der Waals surface area contributed by atoms with Crippen LogP contribution < -0.4 is 10.9 Å². The minimum atomic E-state index is -3.28. The molecule has 1 amide bonds. The molecule has 0 aliphatic rings. The Morgan fingerprint density at radius 3 is 2.42 bits per heavy atom. The number of benzene rings is 1. The van der Waals surface area contributed by atoms with Crippen molar-refractivity contribution in [3.63, 3.8) is 0 Å². The summed E-state index contributed by atoms with van der Waals surface area (Å²) in [7, 11) is -3.28. The zero-order valence-corrected chi connectivity index (χ0v) is 12.4. The number of hydrogen-bond donors (Lipinski definition) is 2. The first-order valence-corrected chi connectivity index (χ1v) is 7.83. The highest BCUT2D eigenvalue weighted by Gasteiger charge is 2.21. The van der Waals surface area contributed by atoms with Crippen LogP contribution >= 0.6 is 11.6 Å². The van der Waals surface area contributed by atoms with Gasteiger partial charge in [-0.25, -0.2) is 9.35 Å². The highest BCUT2D eigenvalue weighted by atomic mass is 35.5. The second-order valence-corrected chi connectivity index (χ2v) is 6.59. The van der Waals surface area contributed by atoms with E-state index in [0.717, 1.165) is 6.42 Å². The lowest BCUT2D eigenvalue weighted by Crippen LogP contribution is -2.36. The summed E-state index contributed by atoms with van der Waals surface area (Å²) in [6.07, 6.45) is 0.731. The first-order valence-electron chi connectivity index (χ1n) is 5.88. The van der Waals surface area contributed by atoms with E-state index in [9.17, 15) is 9.00 Å². The molecule has 0 saturated heterocycles. The summed E-state index contributed by atoms with van der Waals surface area (Å²) < 4.78 is 15.8. The van der Waals surface area contributed by atoms with Crippen LogP contribution in [-0.4, -0.2) is 16.2 Å². The van der Waals surface area contributed by atoms with Gasteiger partial charge in [0, 0.05) is 5.02 Å². The number of carbonyl (C=O) groups excluding carboxylic acids is 1. The SMILES string of the molecule is CC[C@H](C)[C@H](N)C(=O)N=S(N)(=O)c1ccc(Cl)cc1. The summed E-state index contributed by atoms with van der Waals surface area (Å²) in [6.45, 7) is 3.75. The average Bonchev–Trinajstić information content (AvgIpc) is 2.36. The molecule has 0 aromatic heterocycles. The maximum atomic E-state index is 12.2. The van der Waals surface area contributed by atoms with Crippen molar-refractivity contribution in [2.24, 2.45) is 21.2 Å². The third-order valence-electron chi connectivity index (χ3n) is 2.92. The molecule has 0 aliphatic carbocycles. The highest BCUT2D eigenvalue weighted by Crippen LogP contribution is 2.15. The molecule has 0 spiro atoms. The summed E-state index contributed by atoms with van der Waals surface area (Å²) in [5.41, 5.74) is 5.74. The minimum absolute atomic E-state index is 0.0448. The molecule has 0 saturated carbocycles. The van der Waals surface area contributed by atoms with Crippen LogP contribution in [0.1, 0.15) is 20.3 Å². The maximum Gasteiger partial charge on any atom is 0.272 e. The number of hydrogen-bond acceptors (Lipinski definition) is 3. The lowest BCUT2D eigenvalue weighted by Gasteiger charge is -2.14. The number of carbonyl (C=O) groups is 1. The Kier molecular flexibility index (Phi) is 5.49.